The third-order valence-electron chi connectivity index (χ3n) is 2.69. The number of anilines is 1. The van der Waals surface area contributed by atoms with Crippen molar-refractivity contribution in [3.8, 4) is 5.75 Å². The second-order valence-corrected chi connectivity index (χ2v) is 5.03. The van der Waals surface area contributed by atoms with Crippen molar-refractivity contribution in [2.24, 2.45) is 0 Å². The maximum Gasteiger partial charge on any atom is 0.256 e. The summed E-state index contributed by atoms with van der Waals surface area (Å²) in [6, 6.07) is 10.6. The van der Waals surface area contributed by atoms with Crippen molar-refractivity contribution in [2.75, 3.05) is 11.9 Å². The summed E-state index contributed by atoms with van der Waals surface area (Å²) in [6.45, 7) is 4.40. The van der Waals surface area contributed by atoms with Gasteiger partial charge < -0.3 is 10.1 Å². The maximum absolute atomic E-state index is 12.1. The van der Waals surface area contributed by atoms with Gasteiger partial charge in [-0.05, 0) is 66.2 Å². The van der Waals surface area contributed by atoms with Crippen LogP contribution in [0.4, 0.5) is 5.82 Å². The Morgan fingerprint density at radius 2 is 1.95 bits per heavy atom. The molecule has 2 aromatic rings. The number of aryl methyl sites for hydroxylation is 1. The molecule has 0 saturated heterocycles. The lowest BCUT2D eigenvalue weighted by molar-refractivity contribution is 0.102. The average molecular weight is 335 g/mol. The molecule has 1 N–H and O–H groups in total. The highest BCUT2D eigenvalue weighted by Gasteiger charge is 2.08. The Kier molecular flexibility index (Phi) is 4.74. The first-order valence-electron chi connectivity index (χ1n) is 6.27. The van der Waals surface area contributed by atoms with Crippen LogP contribution in [0.3, 0.4) is 0 Å². The number of pyridine rings is 1. The molecule has 2 rings (SSSR count). The molecule has 1 amide bonds. The highest BCUT2D eigenvalue weighted by Crippen LogP contribution is 2.17. The van der Waals surface area contributed by atoms with Gasteiger partial charge >= 0.3 is 0 Å². The fraction of sp³-hybridized carbons (Fsp3) is 0.200. The van der Waals surface area contributed by atoms with E-state index in [2.05, 4.69) is 26.2 Å². The second kappa shape index (κ2) is 6.52. The van der Waals surface area contributed by atoms with Crippen molar-refractivity contribution in [3.05, 3.63) is 52.1 Å². The van der Waals surface area contributed by atoms with Crippen LogP contribution in [0.5, 0.6) is 5.75 Å². The molecule has 4 nitrogen and oxygen atoms in total. The molecule has 0 aliphatic rings. The van der Waals surface area contributed by atoms with Crippen molar-refractivity contribution in [3.63, 3.8) is 0 Å². The summed E-state index contributed by atoms with van der Waals surface area (Å²) >= 11 is 3.37. The van der Waals surface area contributed by atoms with Crippen molar-refractivity contribution in [1.29, 1.82) is 0 Å². The van der Waals surface area contributed by atoms with E-state index < -0.39 is 0 Å². The Balaban J connectivity index is 2.09. The van der Waals surface area contributed by atoms with E-state index in [1.54, 1.807) is 30.3 Å². The van der Waals surface area contributed by atoms with Gasteiger partial charge in [0.05, 0.1) is 12.3 Å². The van der Waals surface area contributed by atoms with Crippen LogP contribution in [0.25, 0.3) is 0 Å². The van der Waals surface area contributed by atoms with E-state index in [1.807, 2.05) is 19.9 Å². The number of carbonyl (C=O) groups is 1. The number of nitrogens with one attached hydrogen (secondary N) is 1. The Labute approximate surface area is 126 Å². The van der Waals surface area contributed by atoms with Crippen LogP contribution in [0.1, 0.15) is 23.0 Å². The molecule has 5 heteroatoms. The fourth-order valence-electron chi connectivity index (χ4n) is 1.67. The molecule has 0 unspecified atom stereocenters. The SMILES string of the molecule is CCOc1ccc(C(=O)Nc2ccc(Br)c(C)n2)cc1. The number of aromatic nitrogens is 1. The molecular formula is C15H15BrN2O2. The summed E-state index contributed by atoms with van der Waals surface area (Å²) in [5.41, 5.74) is 1.39. The molecule has 0 aliphatic carbocycles. The van der Waals surface area contributed by atoms with Crippen LogP contribution in [0, 0.1) is 6.92 Å². The summed E-state index contributed by atoms with van der Waals surface area (Å²) in [6.07, 6.45) is 0. The third-order valence-corrected chi connectivity index (χ3v) is 3.53. The molecule has 0 atom stereocenters. The lowest BCUT2D eigenvalue weighted by Gasteiger charge is -2.07. The molecule has 1 aromatic carbocycles. The van der Waals surface area contributed by atoms with E-state index in [0.717, 1.165) is 15.9 Å². The molecule has 0 spiro atoms. The van der Waals surface area contributed by atoms with Gasteiger partial charge in [0.15, 0.2) is 0 Å². The number of rotatable bonds is 4. The van der Waals surface area contributed by atoms with Crippen molar-refractivity contribution < 1.29 is 9.53 Å². The van der Waals surface area contributed by atoms with E-state index in [4.69, 9.17) is 4.74 Å². The van der Waals surface area contributed by atoms with E-state index in [1.165, 1.54) is 0 Å². The third kappa shape index (κ3) is 3.57. The number of hydrogen-bond donors (Lipinski definition) is 1. The van der Waals surface area contributed by atoms with Gasteiger partial charge in [-0.25, -0.2) is 4.98 Å². The molecule has 1 aromatic heterocycles. The van der Waals surface area contributed by atoms with Gasteiger partial charge in [-0.2, -0.15) is 0 Å². The summed E-state index contributed by atoms with van der Waals surface area (Å²) in [4.78, 5) is 16.4. The van der Waals surface area contributed by atoms with E-state index in [0.29, 0.717) is 18.0 Å². The van der Waals surface area contributed by atoms with Crippen LogP contribution in [0.2, 0.25) is 0 Å². The number of nitrogens with zero attached hydrogens (tertiary/aromatic N) is 1. The van der Waals surface area contributed by atoms with Gasteiger partial charge in [-0.1, -0.05) is 0 Å². The number of amides is 1. The van der Waals surface area contributed by atoms with Gasteiger partial charge in [0.25, 0.3) is 5.91 Å². The predicted molar refractivity (Wildman–Crippen MR) is 82.2 cm³/mol. The van der Waals surface area contributed by atoms with Gasteiger partial charge in [0, 0.05) is 10.0 Å². The molecule has 1 heterocycles. The lowest BCUT2D eigenvalue weighted by Crippen LogP contribution is -2.13. The summed E-state index contributed by atoms with van der Waals surface area (Å²) < 4.78 is 6.25. The largest absolute Gasteiger partial charge is 0.494 e. The number of carbonyl (C=O) groups excluding carboxylic acids is 1. The molecular weight excluding hydrogens is 320 g/mol. The number of hydrogen-bond acceptors (Lipinski definition) is 3. The lowest BCUT2D eigenvalue weighted by atomic mass is 10.2. The number of halogens is 1. The quantitative estimate of drug-likeness (QED) is 0.925. The summed E-state index contributed by atoms with van der Waals surface area (Å²) in [7, 11) is 0. The van der Waals surface area contributed by atoms with Crippen LogP contribution >= 0.6 is 15.9 Å². The minimum absolute atomic E-state index is 0.192. The molecule has 20 heavy (non-hydrogen) atoms. The minimum Gasteiger partial charge on any atom is -0.494 e. The van der Waals surface area contributed by atoms with Crippen LogP contribution < -0.4 is 10.1 Å². The van der Waals surface area contributed by atoms with Crippen molar-refractivity contribution in [1.82, 2.24) is 4.98 Å². The second-order valence-electron chi connectivity index (χ2n) is 4.18. The molecule has 0 saturated carbocycles. The number of benzene rings is 1. The Morgan fingerprint density at radius 1 is 1.25 bits per heavy atom. The smallest absolute Gasteiger partial charge is 0.256 e. The zero-order valence-electron chi connectivity index (χ0n) is 11.3. The Morgan fingerprint density at radius 3 is 2.55 bits per heavy atom. The van der Waals surface area contributed by atoms with Gasteiger partial charge in [-0.15, -0.1) is 0 Å². The Bertz CT molecular complexity index is 612. The van der Waals surface area contributed by atoms with Crippen LogP contribution in [-0.4, -0.2) is 17.5 Å². The molecule has 0 aliphatic heterocycles. The predicted octanol–water partition coefficient (Wildman–Crippen LogP) is 3.80. The van der Waals surface area contributed by atoms with Gasteiger partial charge in [-0.3, -0.25) is 4.79 Å². The van der Waals surface area contributed by atoms with Gasteiger partial charge in [0.2, 0.25) is 0 Å². The van der Waals surface area contributed by atoms with Crippen molar-refractivity contribution in [2.45, 2.75) is 13.8 Å². The van der Waals surface area contributed by atoms with Gasteiger partial charge in [0.1, 0.15) is 11.6 Å². The summed E-state index contributed by atoms with van der Waals surface area (Å²) in [5.74, 6) is 1.09. The molecule has 0 fully saturated rings. The average Bonchev–Trinajstić information content (AvgIpc) is 2.44. The molecule has 104 valence electrons. The normalized spacial score (nSPS) is 10.2. The molecule has 0 radical (unpaired) electrons. The van der Waals surface area contributed by atoms with E-state index >= 15 is 0 Å². The first kappa shape index (κ1) is 14.5. The maximum atomic E-state index is 12.1. The highest BCUT2D eigenvalue weighted by molar-refractivity contribution is 9.10. The van der Waals surface area contributed by atoms with E-state index in [-0.39, 0.29) is 5.91 Å². The van der Waals surface area contributed by atoms with Crippen LogP contribution in [-0.2, 0) is 0 Å². The fourth-order valence-corrected chi connectivity index (χ4v) is 1.89. The summed E-state index contributed by atoms with van der Waals surface area (Å²) in [5, 5.41) is 2.77. The van der Waals surface area contributed by atoms with Crippen molar-refractivity contribution >= 4 is 27.7 Å². The zero-order valence-corrected chi connectivity index (χ0v) is 12.9. The number of ether oxygens (including phenoxy) is 1. The monoisotopic (exact) mass is 334 g/mol. The van der Waals surface area contributed by atoms with Crippen LogP contribution in [0.15, 0.2) is 40.9 Å². The zero-order chi connectivity index (χ0) is 14.5. The standard InChI is InChI=1S/C15H15BrN2O2/c1-3-20-12-6-4-11(5-7-12)15(19)18-14-9-8-13(16)10(2)17-14/h4-9H,3H2,1-2H3,(H,17,18,19). The molecule has 0 bridgehead atoms. The first-order valence-corrected chi connectivity index (χ1v) is 7.07. The highest BCUT2D eigenvalue weighted by atomic mass is 79.9. The topological polar surface area (TPSA) is 51.2 Å². The Hall–Kier alpha value is -1.88. The first-order chi connectivity index (χ1) is 9.60. The minimum atomic E-state index is -0.192. The van der Waals surface area contributed by atoms with E-state index in [9.17, 15) is 4.79 Å².